The number of anilines is 1. The van der Waals surface area contributed by atoms with Gasteiger partial charge in [-0.1, -0.05) is 18.2 Å². The molecule has 0 aliphatic heterocycles. The van der Waals surface area contributed by atoms with Crippen LogP contribution in [0.25, 0.3) is 0 Å². The van der Waals surface area contributed by atoms with Crippen molar-refractivity contribution in [1.29, 1.82) is 0 Å². The van der Waals surface area contributed by atoms with E-state index in [1.165, 1.54) is 6.07 Å². The lowest BCUT2D eigenvalue weighted by Crippen LogP contribution is -2.28. The first-order valence-corrected chi connectivity index (χ1v) is 9.06. The minimum Gasteiger partial charge on any atom is -0.497 e. The SMILES string of the molecule is COc1ccc(CNC(=S)Nc2ccc(C)c(S(N)(=O)=O)c2)cc1. The molecule has 0 saturated carbocycles. The summed E-state index contributed by atoms with van der Waals surface area (Å²) < 4.78 is 28.2. The zero-order valence-electron chi connectivity index (χ0n) is 13.4. The van der Waals surface area contributed by atoms with E-state index >= 15 is 0 Å². The van der Waals surface area contributed by atoms with Crippen molar-refractivity contribution in [2.24, 2.45) is 5.14 Å². The minimum atomic E-state index is -3.77. The molecular formula is C16H19N3O3S2. The van der Waals surface area contributed by atoms with E-state index in [4.69, 9.17) is 22.1 Å². The summed E-state index contributed by atoms with van der Waals surface area (Å²) in [5.41, 5.74) is 2.17. The molecular weight excluding hydrogens is 346 g/mol. The lowest BCUT2D eigenvalue weighted by molar-refractivity contribution is 0.414. The summed E-state index contributed by atoms with van der Waals surface area (Å²) in [6.45, 7) is 2.22. The first-order valence-electron chi connectivity index (χ1n) is 7.11. The molecule has 2 aromatic rings. The smallest absolute Gasteiger partial charge is 0.238 e. The van der Waals surface area contributed by atoms with Crippen LogP contribution in [-0.4, -0.2) is 20.6 Å². The highest BCUT2D eigenvalue weighted by Gasteiger charge is 2.12. The molecule has 0 aromatic heterocycles. The van der Waals surface area contributed by atoms with E-state index in [2.05, 4.69) is 10.6 Å². The molecule has 6 nitrogen and oxygen atoms in total. The minimum absolute atomic E-state index is 0.0745. The van der Waals surface area contributed by atoms with Gasteiger partial charge in [-0.2, -0.15) is 0 Å². The lowest BCUT2D eigenvalue weighted by atomic mass is 10.2. The van der Waals surface area contributed by atoms with Gasteiger partial charge in [0.15, 0.2) is 5.11 Å². The Morgan fingerprint density at radius 2 is 1.88 bits per heavy atom. The largest absolute Gasteiger partial charge is 0.497 e. The predicted octanol–water partition coefficient (Wildman–Crippen LogP) is 2.14. The normalized spacial score (nSPS) is 11.0. The summed E-state index contributed by atoms with van der Waals surface area (Å²) >= 11 is 5.23. The van der Waals surface area contributed by atoms with Gasteiger partial charge in [0.2, 0.25) is 10.0 Å². The fraction of sp³-hybridized carbons (Fsp3) is 0.188. The van der Waals surface area contributed by atoms with E-state index in [-0.39, 0.29) is 4.90 Å². The number of nitrogens with one attached hydrogen (secondary N) is 2. The van der Waals surface area contributed by atoms with Crippen molar-refractivity contribution in [3.8, 4) is 5.75 Å². The van der Waals surface area contributed by atoms with Crippen LogP contribution in [0.1, 0.15) is 11.1 Å². The average Bonchev–Trinajstić information content (AvgIpc) is 2.54. The monoisotopic (exact) mass is 365 g/mol. The third-order valence-electron chi connectivity index (χ3n) is 3.36. The molecule has 0 spiro atoms. The number of hydrogen-bond acceptors (Lipinski definition) is 4. The van der Waals surface area contributed by atoms with Crippen molar-refractivity contribution in [2.45, 2.75) is 18.4 Å². The summed E-state index contributed by atoms with van der Waals surface area (Å²) in [4.78, 5) is 0.0745. The highest BCUT2D eigenvalue weighted by atomic mass is 32.2. The van der Waals surface area contributed by atoms with E-state index in [0.717, 1.165) is 11.3 Å². The maximum absolute atomic E-state index is 11.5. The molecule has 24 heavy (non-hydrogen) atoms. The molecule has 0 saturated heterocycles. The molecule has 0 fully saturated rings. The van der Waals surface area contributed by atoms with Gasteiger partial charge in [-0.25, -0.2) is 13.6 Å². The van der Waals surface area contributed by atoms with Crippen LogP contribution in [0.2, 0.25) is 0 Å². The number of sulfonamides is 1. The molecule has 0 unspecified atom stereocenters. The Morgan fingerprint density at radius 1 is 1.21 bits per heavy atom. The Hall–Kier alpha value is -2.16. The highest BCUT2D eigenvalue weighted by Crippen LogP contribution is 2.19. The summed E-state index contributed by atoms with van der Waals surface area (Å²) in [5.74, 6) is 0.787. The van der Waals surface area contributed by atoms with Crippen molar-refractivity contribution in [2.75, 3.05) is 12.4 Å². The van der Waals surface area contributed by atoms with Gasteiger partial charge in [0.25, 0.3) is 0 Å². The topological polar surface area (TPSA) is 93.4 Å². The van der Waals surface area contributed by atoms with Gasteiger partial charge in [0.1, 0.15) is 5.75 Å². The summed E-state index contributed by atoms with van der Waals surface area (Å²) in [6, 6.07) is 12.5. The first kappa shape index (κ1) is 18.2. The van der Waals surface area contributed by atoms with Crippen LogP contribution < -0.4 is 20.5 Å². The van der Waals surface area contributed by atoms with Gasteiger partial charge >= 0.3 is 0 Å². The summed E-state index contributed by atoms with van der Waals surface area (Å²) in [5, 5.41) is 11.6. The van der Waals surface area contributed by atoms with Crippen molar-refractivity contribution in [3.63, 3.8) is 0 Å². The Morgan fingerprint density at radius 3 is 2.46 bits per heavy atom. The second kappa shape index (κ2) is 7.61. The Balaban J connectivity index is 1.99. The van der Waals surface area contributed by atoms with Gasteiger partial charge in [-0.3, -0.25) is 0 Å². The van der Waals surface area contributed by atoms with Gasteiger partial charge in [0.05, 0.1) is 12.0 Å². The van der Waals surface area contributed by atoms with Crippen molar-refractivity contribution in [3.05, 3.63) is 53.6 Å². The summed E-state index contributed by atoms with van der Waals surface area (Å²) in [7, 11) is -2.15. The van der Waals surface area contributed by atoms with Crippen LogP contribution in [0.3, 0.4) is 0 Å². The van der Waals surface area contributed by atoms with E-state index in [1.807, 2.05) is 24.3 Å². The maximum atomic E-state index is 11.5. The molecule has 4 N–H and O–H groups in total. The third-order valence-corrected chi connectivity index (χ3v) is 4.66. The number of rotatable bonds is 5. The third kappa shape index (κ3) is 4.92. The van der Waals surface area contributed by atoms with E-state index < -0.39 is 10.0 Å². The van der Waals surface area contributed by atoms with Gasteiger partial charge in [-0.15, -0.1) is 0 Å². The number of thiocarbonyl (C=S) groups is 1. The first-order chi connectivity index (χ1) is 11.3. The van der Waals surface area contributed by atoms with Crippen LogP contribution in [-0.2, 0) is 16.6 Å². The molecule has 0 bridgehead atoms. The summed E-state index contributed by atoms with van der Waals surface area (Å²) in [6.07, 6.45) is 0. The number of primary sulfonamides is 1. The molecule has 0 radical (unpaired) electrons. The molecule has 128 valence electrons. The van der Waals surface area contributed by atoms with Crippen LogP contribution in [0.4, 0.5) is 5.69 Å². The number of aryl methyl sites for hydroxylation is 1. The fourth-order valence-corrected chi connectivity index (χ4v) is 3.08. The number of benzene rings is 2. The van der Waals surface area contributed by atoms with Crippen LogP contribution in [0.15, 0.2) is 47.4 Å². The van der Waals surface area contributed by atoms with E-state index in [1.54, 1.807) is 26.2 Å². The predicted molar refractivity (Wildman–Crippen MR) is 98.6 cm³/mol. The lowest BCUT2D eigenvalue weighted by Gasteiger charge is -2.12. The second-order valence-electron chi connectivity index (χ2n) is 5.18. The molecule has 0 amide bonds. The number of nitrogens with two attached hydrogens (primary N) is 1. The molecule has 0 aliphatic carbocycles. The average molecular weight is 365 g/mol. The van der Waals surface area contributed by atoms with Gasteiger partial charge in [0, 0.05) is 12.2 Å². The molecule has 8 heteroatoms. The number of ether oxygens (including phenoxy) is 1. The van der Waals surface area contributed by atoms with Crippen molar-refractivity contribution >= 4 is 33.0 Å². The fourth-order valence-electron chi connectivity index (χ4n) is 2.09. The zero-order valence-corrected chi connectivity index (χ0v) is 15.0. The Bertz CT molecular complexity index is 834. The maximum Gasteiger partial charge on any atom is 0.238 e. The van der Waals surface area contributed by atoms with E-state index in [0.29, 0.717) is 22.9 Å². The van der Waals surface area contributed by atoms with Crippen LogP contribution >= 0.6 is 12.2 Å². The van der Waals surface area contributed by atoms with Gasteiger partial charge < -0.3 is 15.4 Å². The van der Waals surface area contributed by atoms with Crippen molar-refractivity contribution in [1.82, 2.24) is 5.32 Å². The van der Waals surface area contributed by atoms with Crippen molar-refractivity contribution < 1.29 is 13.2 Å². The van der Waals surface area contributed by atoms with E-state index in [9.17, 15) is 8.42 Å². The quantitative estimate of drug-likeness (QED) is 0.703. The second-order valence-corrected chi connectivity index (χ2v) is 7.12. The molecule has 2 rings (SSSR count). The van der Waals surface area contributed by atoms with Crippen LogP contribution in [0.5, 0.6) is 5.75 Å². The van der Waals surface area contributed by atoms with Gasteiger partial charge in [-0.05, 0) is 54.5 Å². The molecule has 2 aromatic carbocycles. The number of methoxy groups -OCH3 is 1. The highest BCUT2D eigenvalue weighted by molar-refractivity contribution is 7.89. The molecule has 0 heterocycles. The van der Waals surface area contributed by atoms with Crippen LogP contribution in [0, 0.1) is 6.92 Å². The standard InChI is InChI=1S/C16H19N3O3S2/c1-11-3-6-13(9-15(11)24(17,20)21)19-16(23)18-10-12-4-7-14(22-2)8-5-12/h3-9H,10H2,1-2H3,(H2,17,20,21)(H2,18,19,23). The Labute approximate surface area is 147 Å². The zero-order chi connectivity index (χ0) is 17.7. The number of hydrogen-bond donors (Lipinski definition) is 3. The molecule has 0 aliphatic rings. The molecule has 0 atom stereocenters. The Kier molecular flexibility index (Phi) is 5.76.